The summed E-state index contributed by atoms with van der Waals surface area (Å²) in [4.78, 5) is 10.5. The lowest BCUT2D eigenvalue weighted by atomic mass is 9.95. The van der Waals surface area contributed by atoms with E-state index in [9.17, 15) is 0 Å². The van der Waals surface area contributed by atoms with Crippen molar-refractivity contribution in [2.45, 2.75) is 0 Å². The molecule has 15 aromatic rings. The minimum absolute atomic E-state index is 0.656. The molecule has 330 valence electrons. The smallest absolute Gasteiger partial charge is 0.160 e. The Labute approximate surface area is 407 Å². The summed E-state index contributed by atoms with van der Waals surface area (Å²) in [5, 5.41) is 11.7. The van der Waals surface area contributed by atoms with E-state index in [1.807, 2.05) is 42.5 Å². The van der Waals surface area contributed by atoms with Gasteiger partial charge in [0.25, 0.3) is 0 Å². The average Bonchev–Trinajstić information content (AvgIpc) is 4.14. The van der Waals surface area contributed by atoms with Crippen LogP contribution < -0.4 is 0 Å². The predicted molar refractivity (Wildman–Crippen MR) is 293 cm³/mol. The van der Waals surface area contributed by atoms with Gasteiger partial charge in [-0.05, 0) is 75.8 Å². The van der Waals surface area contributed by atoms with Crippen LogP contribution in [0.25, 0.3) is 149 Å². The van der Waals surface area contributed by atoms with Crippen molar-refractivity contribution in [1.82, 2.24) is 14.5 Å². The fraction of sp³-hybridized carbons (Fsp3) is 0. The third kappa shape index (κ3) is 6.13. The van der Waals surface area contributed by atoms with Crippen LogP contribution in [0.1, 0.15) is 0 Å². The normalized spacial score (nSPS) is 11.9. The first-order valence-electron chi connectivity index (χ1n) is 24.0. The highest BCUT2D eigenvalue weighted by Crippen LogP contribution is 2.46. The zero-order valence-corrected chi connectivity index (χ0v) is 38.2. The molecule has 0 fully saturated rings. The van der Waals surface area contributed by atoms with E-state index in [4.69, 9.17) is 18.8 Å². The Bertz CT molecular complexity index is 4650. The van der Waals surface area contributed by atoms with Gasteiger partial charge in [-0.2, -0.15) is 0 Å². The summed E-state index contributed by atoms with van der Waals surface area (Å²) in [7, 11) is 0. The molecular formula is C66H39N3O2. The quantitative estimate of drug-likeness (QED) is 0.156. The fourth-order valence-electron chi connectivity index (χ4n) is 11.2. The van der Waals surface area contributed by atoms with Crippen molar-refractivity contribution in [3.8, 4) is 61.8 Å². The summed E-state index contributed by atoms with van der Waals surface area (Å²) in [6, 6.07) is 83.9. The Kier molecular flexibility index (Phi) is 8.59. The number of para-hydroxylation sites is 4. The average molecular weight is 906 g/mol. The lowest BCUT2D eigenvalue weighted by molar-refractivity contribution is 0.669. The molecule has 15 rings (SSSR count). The van der Waals surface area contributed by atoms with Crippen molar-refractivity contribution in [2.75, 3.05) is 0 Å². The summed E-state index contributed by atoms with van der Waals surface area (Å²) in [6.07, 6.45) is 0. The molecule has 5 heteroatoms. The van der Waals surface area contributed by atoms with E-state index in [2.05, 4.69) is 199 Å². The van der Waals surface area contributed by atoms with Crippen molar-refractivity contribution >= 4 is 87.2 Å². The predicted octanol–water partition coefficient (Wildman–Crippen LogP) is 18.0. The molecule has 4 aromatic heterocycles. The lowest BCUT2D eigenvalue weighted by Crippen LogP contribution is -1.99. The van der Waals surface area contributed by atoms with Crippen LogP contribution in [0.4, 0.5) is 0 Å². The van der Waals surface area contributed by atoms with Gasteiger partial charge in [-0.15, -0.1) is 0 Å². The van der Waals surface area contributed by atoms with Gasteiger partial charge in [-0.1, -0.05) is 188 Å². The summed E-state index contributed by atoms with van der Waals surface area (Å²) in [5.74, 6) is 0.656. The first kappa shape index (κ1) is 39.4. The largest absolute Gasteiger partial charge is 0.456 e. The molecule has 0 bridgehead atoms. The molecule has 0 amide bonds. The summed E-state index contributed by atoms with van der Waals surface area (Å²) in [6.45, 7) is 0. The van der Waals surface area contributed by atoms with Crippen molar-refractivity contribution in [1.29, 1.82) is 0 Å². The van der Waals surface area contributed by atoms with Crippen LogP contribution in [0, 0.1) is 0 Å². The highest BCUT2D eigenvalue weighted by Gasteiger charge is 2.23. The third-order valence-electron chi connectivity index (χ3n) is 14.4. The Hall–Kier alpha value is -9.58. The monoisotopic (exact) mass is 905 g/mol. The van der Waals surface area contributed by atoms with Crippen molar-refractivity contribution < 1.29 is 8.83 Å². The van der Waals surface area contributed by atoms with E-state index in [0.717, 1.165) is 111 Å². The number of fused-ring (bicyclic) bond motifs is 14. The maximum absolute atomic E-state index is 6.58. The van der Waals surface area contributed by atoms with Crippen molar-refractivity contribution in [2.24, 2.45) is 0 Å². The summed E-state index contributed by atoms with van der Waals surface area (Å²) in [5.41, 5.74) is 15.7. The Morgan fingerprint density at radius 3 is 1.62 bits per heavy atom. The second kappa shape index (κ2) is 15.5. The van der Waals surface area contributed by atoms with E-state index in [0.29, 0.717) is 5.82 Å². The second-order valence-corrected chi connectivity index (χ2v) is 18.4. The molecule has 0 aliphatic rings. The van der Waals surface area contributed by atoms with Crippen LogP contribution in [-0.4, -0.2) is 14.5 Å². The molecule has 0 N–H and O–H groups in total. The van der Waals surface area contributed by atoms with Crippen molar-refractivity contribution in [3.63, 3.8) is 0 Å². The zero-order chi connectivity index (χ0) is 46.6. The highest BCUT2D eigenvalue weighted by molar-refractivity contribution is 6.33. The standard InChI is InChI=1S/C66H39N3O2/c1-2-16-40(17-3-1)66-67-57(39-58(68-66)44-34-35-52-50-24-8-10-32-59(50)70-61(52)38-44)43-20-13-21-45(37-43)69-63-46(28-14-31-56(63)62-53-26-6-4-22-48(53)49-23-5-7-27-54(49)64(62)69)41-18-12-19-42(36-41)47-29-15-30-55-51-25-9-11-33-60(51)71-65(47)55/h1-39H. The summed E-state index contributed by atoms with van der Waals surface area (Å²) >= 11 is 0. The topological polar surface area (TPSA) is 57.0 Å². The van der Waals surface area contributed by atoms with Gasteiger partial charge in [0.05, 0.1) is 22.4 Å². The van der Waals surface area contributed by atoms with Crippen LogP contribution >= 0.6 is 0 Å². The minimum atomic E-state index is 0.656. The highest BCUT2D eigenvalue weighted by atomic mass is 16.3. The van der Waals surface area contributed by atoms with E-state index in [1.54, 1.807) is 0 Å². The second-order valence-electron chi connectivity index (χ2n) is 18.4. The maximum atomic E-state index is 6.58. The Balaban J connectivity index is 0.974. The number of furan rings is 2. The molecule has 5 nitrogen and oxygen atoms in total. The Morgan fingerprint density at radius 2 is 0.831 bits per heavy atom. The van der Waals surface area contributed by atoms with Crippen molar-refractivity contribution in [3.05, 3.63) is 237 Å². The number of hydrogen-bond donors (Lipinski definition) is 0. The SMILES string of the molecule is c1ccc(-c2nc(-c3cccc(-n4c5c(-c6cccc(-c7cccc8c7oc7ccccc78)c6)cccc5c5c6ccccc6c6ccccc6c54)c3)cc(-c3ccc4c(c3)oc3ccccc34)n2)cc1. The molecule has 71 heavy (non-hydrogen) atoms. The molecule has 0 saturated carbocycles. The van der Waals surface area contributed by atoms with E-state index in [1.165, 1.54) is 32.3 Å². The molecule has 0 spiro atoms. The van der Waals surface area contributed by atoms with Gasteiger partial charge in [-0.25, -0.2) is 9.97 Å². The van der Waals surface area contributed by atoms with Gasteiger partial charge in [0.2, 0.25) is 0 Å². The number of rotatable bonds is 6. The zero-order valence-electron chi connectivity index (χ0n) is 38.2. The van der Waals surface area contributed by atoms with Crippen LogP contribution in [0.5, 0.6) is 0 Å². The van der Waals surface area contributed by atoms with Gasteiger partial charge >= 0.3 is 0 Å². The van der Waals surface area contributed by atoms with Crippen LogP contribution in [0.3, 0.4) is 0 Å². The van der Waals surface area contributed by atoms with Crippen LogP contribution in [-0.2, 0) is 0 Å². The van der Waals surface area contributed by atoms with Crippen LogP contribution in [0.15, 0.2) is 245 Å². The van der Waals surface area contributed by atoms with Gasteiger partial charge in [-0.3, -0.25) is 0 Å². The molecule has 0 saturated heterocycles. The van der Waals surface area contributed by atoms with Crippen LogP contribution in [0.2, 0.25) is 0 Å². The molecule has 0 atom stereocenters. The molecule has 11 aromatic carbocycles. The number of hydrogen-bond acceptors (Lipinski definition) is 4. The first-order valence-corrected chi connectivity index (χ1v) is 24.0. The number of aromatic nitrogens is 3. The molecule has 0 aliphatic heterocycles. The number of nitrogens with zero attached hydrogens (tertiary/aromatic N) is 3. The molecule has 0 unspecified atom stereocenters. The van der Waals surface area contributed by atoms with E-state index >= 15 is 0 Å². The Morgan fingerprint density at radius 1 is 0.296 bits per heavy atom. The molecule has 4 heterocycles. The third-order valence-corrected chi connectivity index (χ3v) is 14.4. The van der Waals surface area contributed by atoms with Gasteiger partial charge in [0, 0.05) is 71.2 Å². The summed E-state index contributed by atoms with van der Waals surface area (Å²) < 4.78 is 15.5. The minimum Gasteiger partial charge on any atom is -0.456 e. The maximum Gasteiger partial charge on any atom is 0.160 e. The molecule has 0 aliphatic carbocycles. The molecular weight excluding hydrogens is 867 g/mol. The molecule has 0 radical (unpaired) electrons. The van der Waals surface area contributed by atoms with E-state index in [-0.39, 0.29) is 0 Å². The fourth-order valence-corrected chi connectivity index (χ4v) is 11.2. The number of benzene rings is 11. The lowest BCUT2D eigenvalue weighted by Gasteiger charge is -2.15. The van der Waals surface area contributed by atoms with Gasteiger partial charge in [0.15, 0.2) is 5.82 Å². The van der Waals surface area contributed by atoms with Gasteiger partial charge in [0.1, 0.15) is 22.3 Å². The van der Waals surface area contributed by atoms with Gasteiger partial charge < -0.3 is 13.4 Å². The first-order chi connectivity index (χ1) is 35.2. The van der Waals surface area contributed by atoms with E-state index < -0.39 is 0 Å².